The van der Waals surface area contributed by atoms with Gasteiger partial charge in [-0.15, -0.1) is 0 Å². The Morgan fingerprint density at radius 1 is 1.53 bits per heavy atom. The number of nitro groups is 1. The van der Waals surface area contributed by atoms with Crippen molar-refractivity contribution in [3.8, 4) is 0 Å². The first-order chi connectivity index (χ1) is 9.09. The van der Waals surface area contributed by atoms with Crippen LogP contribution in [0, 0.1) is 17.0 Å². The second kappa shape index (κ2) is 5.25. The van der Waals surface area contributed by atoms with Crippen LogP contribution in [0.4, 0.5) is 5.69 Å². The molecule has 0 spiro atoms. The molecule has 0 radical (unpaired) electrons. The molecule has 19 heavy (non-hydrogen) atoms. The van der Waals surface area contributed by atoms with Crippen LogP contribution in [0.1, 0.15) is 21.7 Å². The van der Waals surface area contributed by atoms with Crippen LogP contribution in [0.25, 0.3) is 0 Å². The average molecular weight is 261 g/mol. The number of nitrogens with zero attached hydrogens (tertiary/aromatic N) is 3. The number of para-hydroxylation sites is 1. The second-order valence-corrected chi connectivity index (χ2v) is 3.84. The van der Waals surface area contributed by atoms with E-state index >= 15 is 0 Å². The third-order valence-electron chi connectivity index (χ3n) is 2.55. The summed E-state index contributed by atoms with van der Waals surface area (Å²) in [7, 11) is 0. The van der Waals surface area contributed by atoms with Gasteiger partial charge in [0.25, 0.3) is 11.6 Å². The fraction of sp³-hybridized carbons (Fsp3) is 0.182. The number of nitrogens with one attached hydrogen (secondary N) is 2. The molecule has 0 saturated heterocycles. The van der Waals surface area contributed by atoms with E-state index in [1.807, 2.05) is 0 Å². The van der Waals surface area contributed by atoms with Crippen molar-refractivity contribution in [2.24, 2.45) is 0 Å². The van der Waals surface area contributed by atoms with Gasteiger partial charge in [-0.2, -0.15) is 5.10 Å². The molecule has 8 nitrogen and oxygen atoms in total. The maximum absolute atomic E-state index is 11.9. The largest absolute Gasteiger partial charge is 0.345 e. The lowest BCUT2D eigenvalue weighted by molar-refractivity contribution is -0.385. The molecule has 0 fully saturated rings. The molecule has 98 valence electrons. The summed E-state index contributed by atoms with van der Waals surface area (Å²) in [6, 6.07) is 4.61. The maximum Gasteiger partial charge on any atom is 0.285 e. The Balaban J connectivity index is 2.19. The molecule has 2 aromatic rings. The molecule has 0 saturated carbocycles. The van der Waals surface area contributed by atoms with E-state index < -0.39 is 10.8 Å². The number of amides is 1. The van der Waals surface area contributed by atoms with Crippen molar-refractivity contribution in [3.63, 3.8) is 0 Å². The molecule has 2 N–H and O–H groups in total. The number of aromatic nitrogens is 3. The fourth-order valence-electron chi connectivity index (χ4n) is 1.66. The van der Waals surface area contributed by atoms with Crippen molar-refractivity contribution in [3.05, 3.63) is 51.6 Å². The molecular formula is C11H11N5O3. The van der Waals surface area contributed by atoms with Crippen LogP contribution in [-0.4, -0.2) is 26.0 Å². The summed E-state index contributed by atoms with van der Waals surface area (Å²) in [6.45, 7) is 1.72. The number of rotatable bonds is 4. The van der Waals surface area contributed by atoms with Gasteiger partial charge in [0, 0.05) is 5.56 Å². The number of H-pyrrole nitrogens is 1. The van der Waals surface area contributed by atoms with Gasteiger partial charge >= 0.3 is 0 Å². The zero-order chi connectivity index (χ0) is 13.8. The van der Waals surface area contributed by atoms with E-state index in [2.05, 4.69) is 20.5 Å². The second-order valence-electron chi connectivity index (χ2n) is 3.84. The first kappa shape index (κ1) is 12.7. The lowest BCUT2D eigenvalue weighted by Gasteiger charge is -2.05. The van der Waals surface area contributed by atoms with Gasteiger partial charge in [-0.25, -0.2) is 4.98 Å². The minimum absolute atomic E-state index is 0.0320. The molecule has 8 heteroatoms. The van der Waals surface area contributed by atoms with Crippen LogP contribution in [0.3, 0.4) is 0 Å². The van der Waals surface area contributed by atoms with Gasteiger partial charge in [0.2, 0.25) is 0 Å². The molecule has 1 aromatic carbocycles. The van der Waals surface area contributed by atoms with Crippen molar-refractivity contribution in [1.82, 2.24) is 20.5 Å². The van der Waals surface area contributed by atoms with Gasteiger partial charge in [0.1, 0.15) is 17.7 Å². The summed E-state index contributed by atoms with van der Waals surface area (Å²) in [5, 5.41) is 19.7. The van der Waals surface area contributed by atoms with Crippen LogP contribution >= 0.6 is 0 Å². The van der Waals surface area contributed by atoms with E-state index in [1.165, 1.54) is 12.4 Å². The van der Waals surface area contributed by atoms with Crippen molar-refractivity contribution in [2.45, 2.75) is 13.5 Å². The molecule has 0 atom stereocenters. The average Bonchev–Trinajstić information content (AvgIpc) is 2.88. The zero-order valence-electron chi connectivity index (χ0n) is 10.1. The summed E-state index contributed by atoms with van der Waals surface area (Å²) in [5.41, 5.74) is 0.291. The Kier molecular flexibility index (Phi) is 3.51. The SMILES string of the molecule is Cc1cccc(C(=O)NCc2ncn[nH]2)c1[N+](=O)[O-]. The maximum atomic E-state index is 11.9. The molecular weight excluding hydrogens is 250 g/mol. The summed E-state index contributed by atoms with van der Waals surface area (Å²) in [4.78, 5) is 26.2. The highest BCUT2D eigenvalue weighted by atomic mass is 16.6. The Hall–Kier alpha value is -2.77. The number of hydrogen-bond donors (Lipinski definition) is 2. The van der Waals surface area contributed by atoms with Crippen LogP contribution in [0.5, 0.6) is 0 Å². The summed E-state index contributed by atoms with van der Waals surface area (Å²) in [6.07, 6.45) is 1.32. The molecule has 1 amide bonds. The normalized spacial score (nSPS) is 10.2. The number of nitro benzene ring substituents is 1. The monoisotopic (exact) mass is 261 g/mol. The van der Waals surface area contributed by atoms with E-state index in [1.54, 1.807) is 19.1 Å². The molecule has 2 rings (SSSR count). The number of hydrogen-bond acceptors (Lipinski definition) is 5. The van der Waals surface area contributed by atoms with Gasteiger partial charge in [-0.1, -0.05) is 12.1 Å². The van der Waals surface area contributed by atoms with Crippen molar-refractivity contribution in [1.29, 1.82) is 0 Å². The Labute approximate surface area is 108 Å². The van der Waals surface area contributed by atoms with Gasteiger partial charge in [0.05, 0.1) is 11.5 Å². The molecule has 0 aliphatic heterocycles. The first-order valence-corrected chi connectivity index (χ1v) is 5.46. The van der Waals surface area contributed by atoms with E-state index in [9.17, 15) is 14.9 Å². The first-order valence-electron chi connectivity index (χ1n) is 5.46. The molecule has 1 heterocycles. The van der Waals surface area contributed by atoms with Gasteiger partial charge in [0.15, 0.2) is 0 Å². The van der Waals surface area contributed by atoms with Crippen molar-refractivity contribution >= 4 is 11.6 Å². The molecule has 1 aromatic heterocycles. The standard InChI is InChI=1S/C11H11N5O3/c1-7-3-2-4-8(10(7)16(18)19)11(17)12-5-9-13-6-14-15-9/h2-4,6H,5H2,1H3,(H,12,17)(H,13,14,15). The third-order valence-corrected chi connectivity index (χ3v) is 2.55. The fourth-order valence-corrected chi connectivity index (χ4v) is 1.66. The molecule has 0 bridgehead atoms. The number of carbonyl (C=O) groups excluding carboxylic acids is 1. The smallest absolute Gasteiger partial charge is 0.285 e. The van der Waals surface area contributed by atoms with Crippen LogP contribution in [0.2, 0.25) is 0 Å². The minimum Gasteiger partial charge on any atom is -0.345 e. The lowest BCUT2D eigenvalue weighted by Crippen LogP contribution is -2.24. The van der Waals surface area contributed by atoms with Gasteiger partial charge < -0.3 is 5.32 Å². The summed E-state index contributed by atoms with van der Waals surface area (Å²) >= 11 is 0. The van der Waals surface area contributed by atoms with E-state index in [4.69, 9.17) is 0 Å². The van der Waals surface area contributed by atoms with Crippen molar-refractivity contribution < 1.29 is 9.72 Å². The lowest BCUT2D eigenvalue weighted by atomic mass is 10.1. The van der Waals surface area contributed by atoms with Gasteiger partial charge in [-0.3, -0.25) is 20.0 Å². The van der Waals surface area contributed by atoms with E-state index in [0.717, 1.165) is 0 Å². The predicted octanol–water partition coefficient (Wildman–Crippen LogP) is 0.951. The number of aryl methyl sites for hydroxylation is 1. The molecule has 0 aliphatic carbocycles. The number of benzene rings is 1. The Morgan fingerprint density at radius 3 is 2.95 bits per heavy atom. The van der Waals surface area contributed by atoms with Gasteiger partial charge in [-0.05, 0) is 13.0 Å². The van der Waals surface area contributed by atoms with Crippen LogP contribution < -0.4 is 5.32 Å². The summed E-state index contributed by atoms with van der Waals surface area (Å²) in [5.74, 6) is -0.0459. The number of aromatic amines is 1. The number of carbonyl (C=O) groups is 1. The van der Waals surface area contributed by atoms with Crippen LogP contribution in [-0.2, 0) is 6.54 Å². The quantitative estimate of drug-likeness (QED) is 0.628. The predicted molar refractivity (Wildman–Crippen MR) is 65.4 cm³/mol. The minimum atomic E-state index is -0.557. The highest BCUT2D eigenvalue weighted by Gasteiger charge is 2.22. The van der Waals surface area contributed by atoms with E-state index in [0.29, 0.717) is 11.4 Å². The highest BCUT2D eigenvalue weighted by molar-refractivity contribution is 5.98. The topological polar surface area (TPSA) is 114 Å². The third kappa shape index (κ3) is 2.73. The van der Waals surface area contributed by atoms with Crippen molar-refractivity contribution in [2.75, 3.05) is 0 Å². The van der Waals surface area contributed by atoms with Crippen LogP contribution in [0.15, 0.2) is 24.5 Å². The Bertz CT molecular complexity index is 609. The summed E-state index contributed by atoms with van der Waals surface area (Å²) < 4.78 is 0. The zero-order valence-corrected chi connectivity index (χ0v) is 10.1. The Morgan fingerprint density at radius 2 is 2.32 bits per heavy atom. The highest BCUT2D eigenvalue weighted by Crippen LogP contribution is 2.22. The molecule has 0 aliphatic rings. The van der Waals surface area contributed by atoms with E-state index in [-0.39, 0.29) is 17.8 Å². The molecule has 0 unspecified atom stereocenters.